The number of nitrogens with two attached hydrogens (primary N) is 1. The number of nitro groups is 1. The normalized spacial score (nSPS) is 10.3. The van der Waals surface area contributed by atoms with E-state index in [2.05, 4.69) is 0 Å². The molecular weight excluding hydrogens is 296 g/mol. The molecule has 0 bridgehead atoms. The maximum atomic E-state index is 11.5. The lowest BCUT2D eigenvalue weighted by molar-refractivity contribution is -0.386. The van der Waals surface area contributed by atoms with Gasteiger partial charge in [0.05, 0.1) is 12.0 Å². The third-order valence-electron chi connectivity index (χ3n) is 3.46. The molecule has 0 fully saturated rings. The van der Waals surface area contributed by atoms with E-state index in [1.54, 1.807) is 12.1 Å². The maximum absolute atomic E-state index is 11.5. The number of nitro benzene ring substituents is 1. The number of rotatable bonds is 8. The zero-order valence-electron chi connectivity index (χ0n) is 13.0. The van der Waals surface area contributed by atoms with E-state index < -0.39 is 4.92 Å². The van der Waals surface area contributed by atoms with Gasteiger partial charge in [-0.2, -0.15) is 0 Å². The topological polar surface area (TPSA) is 87.6 Å². The van der Waals surface area contributed by atoms with Crippen molar-refractivity contribution < 1.29 is 14.4 Å². The van der Waals surface area contributed by atoms with Gasteiger partial charge < -0.3 is 15.2 Å². The fraction of sp³-hybridized carbons (Fsp3) is 0.294. The van der Waals surface area contributed by atoms with E-state index >= 15 is 0 Å². The average molecular weight is 316 g/mol. The Balaban J connectivity index is 2.35. The molecule has 2 N–H and O–H groups in total. The number of nitrogens with zero attached hydrogens (tertiary/aromatic N) is 1. The Morgan fingerprint density at radius 3 is 2.52 bits per heavy atom. The highest BCUT2D eigenvalue weighted by Crippen LogP contribution is 2.40. The molecule has 0 aliphatic rings. The Bertz CT molecular complexity index is 659. The van der Waals surface area contributed by atoms with E-state index in [-0.39, 0.29) is 18.0 Å². The molecule has 0 aliphatic heterocycles. The van der Waals surface area contributed by atoms with Gasteiger partial charge in [-0.1, -0.05) is 30.3 Å². The summed E-state index contributed by atoms with van der Waals surface area (Å²) in [4.78, 5) is 11.1. The number of hydrogen-bond donors (Lipinski definition) is 1. The number of hydrogen-bond acceptors (Lipinski definition) is 5. The van der Waals surface area contributed by atoms with E-state index in [0.717, 1.165) is 5.56 Å². The molecule has 0 amide bonds. The lowest BCUT2D eigenvalue weighted by Crippen LogP contribution is -2.06. The van der Waals surface area contributed by atoms with Crippen molar-refractivity contribution in [3.05, 3.63) is 63.7 Å². The monoisotopic (exact) mass is 316 g/mol. The molecule has 23 heavy (non-hydrogen) atoms. The number of benzene rings is 2. The van der Waals surface area contributed by atoms with E-state index in [9.17, 15) is 10.1 Å². The minimum atomic E-state index is -0.422. The van der Waals surface area contributed by atoms with Crippen molar-refractivity contribution in [1.29, 1.82) is 0 Å². The summed E-state index contributed by atoms with van der Waals surface area (Å²) < 4.78 is 11.0. The highest BCUT2D eigenvalue weighted by Gasteiger charge is 2.25. The smallest absolute Gasteiger partial charge is 0.318 e. The Morgan fingerprint density at radius 1 is 1.17 bits per heavy atom. The fourth-order valence-corrected chi connectivity index (χ4v) is 2.32. The molecule has 6 heteroatoms. The molecule has 2 aromatic rings. The zero-order chi connectivity index (χ0) is 16.7. The first kappa shape index (κ1) is 16.8. The molecule has 2 rings (SSSR count). The van der Waals surface area contributed by atoms with E-state index in [1.807, 2.05) is 30.3 Å². The summed E-state index contributed by atoms with van der Waals surface area (Å²) in [6, 6.07) is 12.9. The molecule has 2 aromatic carbocycles. The van der Waals surface area contributed by atoms with Crippen molar-refractivity contribution in [3.63, 3.8) is 0 Å². The van der Waals surface area contributed by atoms with Gasteiger partial charge in [0, 0.05) is 5.56 Å². The Kier molecular flexibility index (Phi) is 5.94. The standard InChI is InChI=1S/C17H20N2O4/c1-22-15-10-9-14(8-5-11-18)16(19(20)21)17(15)23-12-13-6-3-2-4-7-13/h2-4,6-7,9-10H,5,8,11-12,18H2,1H3. The summed E-state index contributed by atoms with van der Waals surface area (Å²) in [5.74, 6) is 0.514. The van der Waals surface area contributed by atoms with Gasteiger partial charge in [0.1, 0.15) is 6.61 Å². The summed E-state index contributed by atoms with van der Waals surface area (Å²) in [6.07, 6.45) is 1.20. The van der Waals surface area contributed by atoms with Gasteiger partial charge in [-0.25, -0.2) is 0 Å². The maximum Gasteiger partial charge on any atom is 0.318 e. The first-order chi connectivity index (χ1) is 11.2. The van der Waals surface area contributed by atoms with Crippen LogP contribution in [0.2, 0.25) is 0 Å². The molecule has 0 spiro atoms. The summed E-state index contributed by atoms with van der Waals surface area (Å²) in [7, 11) is 1.47. The van der Waals surface area contributed by atoms with Crippen LogP contribution in [0.1, 0.15) is 17.5 Å². The summed E-state index contributed by atoms with van der Waals surface area (Å²) in [5, 5.41) is 11.5. The second-order valence-corrected chi connectivity index (χ2v) is 5.03. The van der Waals surface area contributed by atoms with Crippen LogP contribution in [-0.2, 0) is 13.0 Å². The third kappa shape index (κ3) is 4.20. The SMILES string of the molecule is COc1ccc(CCCN)c([N+](=O)[O-])c1OCc1ccccc1. The molecule has 0 unspecified atom stereocenters. The predicted octanol–water partition coefficient (Wildman–Crippen LogP) is 3.07. The lowest BCUT2D eigenvalue weighted by Gasteiger charge is -2.13. The molecule has 122 valence electrons. The molecule has 0 atom stereocenters. The van der Waals surface area contributed by atoms with Crippen LogP contribution in [0.25, 0.3) is 0 Å². The van der Waals surface area contributed by atoms with Crippen molar-refractivity contribution in [1.82, 2.24) is 0 Å². The second-order valence-electron chi connectivity index (χ2n) is 5.03. The van der Waals surface area contributed by atoms with Crippen molar-refractivity contribution in [2.75, 3.05) is 13.7 Å². The molecule has 0 aromatic heterocycles. The van der Waals surface area contributed by atoms with Crippen LogP contribution in [0.5, 0.6) is 11.5 Å². The van der Waals surface area contributed by atoms with Crippen molar-refractivity contribution in [2.24, 2.45) is 5.73 Å². The molecule has 0 saturated heterocycles. The molecular formula is C17H20N2O4. The van der Waals surface area contributed by atoms with Crippen LogP contribution in [0, 0.1) is 10.1 Å². The highest BCUT2D eigenvalue weighted by atomic mass is 16.6. The van der Waals surface area contributed by atoms with Gasteiger partial charge in [-0.15, -0.1) is 0 Å². The molecule has 0 radical (unpaired) electrons. The average Bonchev–Trinajstić information content (AvgIpc) is 2.58. The van der Waals surface area contributed by atoms with Gasteiger partial charge in [-0.05, 0) is 37.1 Å². The van der Waals surface area contributed by atoms with Gasteiger partial charge in [0.2, 0.25) is 5.75 Å². The number of methoxy groups -OCH3 is 1. The van der Waals surface area contributed by atoms with Gasteiger partial charge >= 0.3 is 5.69 Å². The van der Waals surface area contributed by atoms with E-state index in [1.165, 1.54) is 7.11 Å². The summed E-state index contributed by atoms with van der Waals surface area (Å²) in [5.41, 5.74) is 6.99. The molecule has 0 heterocycles. The molecule has 0 saturated carbocycles. The first-order valence-corrected chi connectivity index (χ1v) is 7.38. The highest BCUT2D eigenvalue weighted by molar-refractivity contribution is 5.60. The van der Waals surface area contributed by atoms with E-state index in [4.69, 9.17) is 15.2 Å². The Labute approximate surface area is 135 Å². The quantitative estimate of drug-likeness (QED) is 0.597. The second kappa shape index (κ2) is 8.14. The third-order valence-corrected chi connectivity index (χ3v) is 3.46. The minimum absolute atomic E-state index is 0.0475. The Hall–Kier alpha value is -2.60. The van der Waals surface area contributed by atoms with Crippen molar-refractivity contribution >= 4 is 5.69 Å². The van der Waals surface area contributed by atoms with Crippen LogP contribution < -0.4 is 15.2 Å². The Morgan fingerprint density at radius 2 is 1.91 bits per heavy atom. The van der Waals surface area contributed by atoms with Crippen molar-refractivity contribution in [2.45, 2.75) is 19.4 Å². The van der Waals surface area contributed by atoms with Crippen LogP contribution in [0.4, 0.5) is 5.69 Å². The zero-order valence-corrected chi connectivity index (χ0v) is 13.0. The van der Waals surface area contributed by atoms with Crippen LogP contribution in [-0.4, -0.2) is 18.6 Å². The van der Waals surface area contributed by atoms with Crippen LogP contribution in [0.15, 0.2) is 42.5 Å². The largest absolute Gasteiger partial charge is 0.493 e. The predicted molar refractivity (Wildman–Crippen MR) is 87.8 cm³/mol. The first-order valence-electron chi connectivity index (χ1n) is 7.38. The van der Waals surface area contributed by atoms with Crippen molar-refractivity contribution in [3.8, 4) is 11.5 Å². The van der Waals surface area contributed by atoms with Crippen LogP contribution in [0.3, 0.4) is 0 Å². The fourth-order valence-electron chi connectivity index (χ4n) is 2.32. The van der Waals surface area contributed by atoms with E-state index in [0.29, 0.717) is 30.7 Å². The number of aryl methyl sites for hydroxylation is 1. The van der Waals surface area contributed by atoms with Gasteiger partial charge in [0.25, 0.3) is 0 Å². The van der Waals surface area contributed by atoms with Crippen LogP contribution >= 0.6 is 0 Å². The summed E-state index contributed by atoms with van der Waals surface area (Å²) >= 11 is 0. The molecule has 6 nitrogen and oxygen atoms in total. The summed E-state index contributed by atoms with van der Waals surface area (Å²) in [6.45, 7) is 0.710. The van der Waals surface area contributed by atoms with Gasteiger partial charge in [-0.3, -0.25) is 10.1 Å². The lowest BCUT2D eigenvalue weighted by atomic mass is 10.1. The molecule has 0 aliphatic carbocycles. The van der Waals surface area contributed by atoms with Gasteiger partial charge in [0.15, 0.2) is 5.75 Å². The minimum Gasteiger partial charge on any atom is -0.493 e. The number of ether oxygens (including phenoxy) is 2.